The fraction of sp³-hybridized carbons (Fsp3) is 0.273. The van der Waals surface area contributed by atoms with Crippen molar-refractivity contribution in [3.8, 4) is 0 Å². The minimum absolute atomic E-state index is 0.200. The Hall–Kier alpha value is -2.22. The second kappa shape index (κ2) is 5.61. The van der Waals surface area contributed by atoms with Crippen molar-refractivity contribution >= 4 is 28.3 Å². The van der Waals surface area contributed by atoms with E-state index in [1.54, 1.807) is 24.8 Å². The molecule has 0 bridgehead atoms. The Kier molecular flexibility index (Phi) is 3.91. The summed E-state index contributed by atoms with van der Waals surface area (Å²) in [6.07, 6.45) is 3.39. The van der Waals surface area contributed by atoms with Crippen LogP contribution >= 0.6 is 11.3 Å². The maximum Gasteiger partial charge on any atom is 0.273 e. The molecule has 0 spiro atoms. The summed E-state index contributed by atoms with van der Waals surface area (Å²) in [6, 6.07) is 0. The van der Waals surface area contributed by atoms with Crippen molar-refractivity contribution in [1.82, 2.24) is 20.1 Å². The van der Waals surface area contributed by atoms with Gasteiger partial charge in [0, 0.05) is 37.7 Å². The van der Waals surface area contributed by atoms with Crippen LogP contribution in [0.4, 0.5) is 5.13 Å². The van der Waals surface area contributed by atoms with Crippen LogP contribution in [0.15, 0.2) is 17.8 Å². The molecule has 2 heterocycles. The quantitative estimate of drug-likeness (QED) is 0.876. The van der Waals surface area contributed by atoms with Crippen LogP contribution in [-0.2, 0) is 11.3 Å². The molecule has 8 heteroatoms. The molecule has 0 aliphatic heterocycles. The van der Waals surface area contributed by atoms with Crippen molar-refractivity contribution in [2.24, 2.45) is 0 Å². The molecule has 2 aromatic rings. The molecule has 2 N–H and O–H groups in total. The number of hydrogen-bond donors (Lipinski definition) is 2. The van der Waals surface area contributed by atoms with E-state index in [2.05, 4.69) is 20.5 Å². The van der Waals surface area contributed by atoms with Crippen molar-refractivity contribution in [1.29, 1.82) is 0 Å². The first-order valence-corrected chi connectivity index (χ1v) is 6.40. The third-order valence-corrected chi connectivity index (χ3v) is 3.09. The van der Waals surface area contributed by atoms with Gasteiger partial charge < -0.3 is 10.2 Å². The number of rotatable bonds is 4. The minimum Gasteiger partial charge on any atom is -0.336 e. The maximum atomic E-state index is 12.1. The Morgan fingerprint density at radius 3 is 2.95 bits per heavy atom. The van der Waals surface area contributed by atoms with Gasteiger partial charge in [0.2, 0.25) is 5.91 Å². The van der Waals surface area contributed by atoms with Crippen LogP contribution in [0.25, 0.3) is 0 Å². The number of aromatic nitrogens is 3. The SMILES string of the molecule is CC(=O)Nc1nc(C(=O)N(C)Cc2cn[nH]c2)cs1. The summed E-state index contributed by atoms with van der Waals surface area (Å²) in [6.45, 7) is 1.84. The first-order chi connectivity index (χ1) is 9.06. The van der Waals surface area contributed by atoms with Gasteiger partial charge >= 0.3 is 0 Å². The van der Waals surface area contributed by atoms with Crippen molar-refractivity contribution in [2.45, 2.75) is 13.5 Å². The van der Waals surface area contributed by atoms with Crippen LogP contribution in [0, 0.1) is 0 Å². The zero-order chi connectivity index (χ0) is 13.8. The van der Waals surface area contributed by atoms with Gasteiger partial charge in [0.05, 0.1) is 6.20 Å². The number of amides is 2. The summed E-state index contributed by atoms with van der Waals surface area (Å²) in [4.78, 5) is 28.6. The summed E-state index contributed by atoms with van der Waals surface area (Å²) in [5, 5.41) is 11.1. The van der Waals surface area contributed by atoms with E-state index in [-0.39, 0.29) is 11.8 Å². The lowest BCUT2D eigenvalue weighted by Crippen LogP contribution is -2.26. The lowest BCUT2D eigenvalue weighted by atomic mass is 10.3. The highest BCUT2D eigenvalue weighted by Gasteiger charge is 2.16. The fourth-order valence-electron chi connectivity index (χ4n) is 1.49. The largest absolute Gasteiger partial charge is 0.336 e. The average Bonchev–Trinajstić information content (AvgIpc) is 2.98. The molecule has 7 nitrogen and oxygen atoms in total. The van der Waals surface area contributed by atoms with Gasteiger partial charge in [-0.15, -0.1) is 11.3 Å². The number of aromatic amines is 1. The summed E-state index contributed by atoms with van der Waals surface area (Å²) >= 11 is 1.22. The van der Waals surface area contributed by atoms with Crippen LogP contribution in [0.5, 0.6) is 0 Å². The molecule has 0 atom stereocenters. The standard InChI is InChI=1S/C11H13N5O2S/c1-7(17)14-11-15-9(6-19-11)10(18)16(2)5-8-3-12-13-4-8/h3-4,6H,5H2,1-2H3,(H,12,13)(H,14,15,17). The smallest absolute Gasteiger partial charge is 0.273 e. The summed E-state index contributed by atoms with van der Waals surface area (Å²) < 4.78 is 0. The van der Waals surface area contributed by atoms with Gasteiger partial charge in [0.1, 0.15) is 5.69 Å². The molecule has 2 aromatic heterocycles. The Balaban J connectivity index is 2.02. The molecular formula is C11H13N5O2S. The lowest BCUT2D eigenvalue weighted by Gasteiger charge is -2.14. The van der Waals surface area contributed by atoms with E-state index in [9.17, 15) is 9.59 Å². The summed E-state index contributed by atoms with van der Waals surface area (Å²) in [5.41, 5.74) is 1.23. The van der Waals surface area contributed by atoms with E-state index < -0.39 is 0 Å². The van der Waals surface area contributed by atoms with E-state index in [4.69, 9.17) is 0 Å². The molecule has 19 heavy (non-hydrogen) atoms. The Bertz CT molecular complexity index is 578. The number of H-pyrrole nitrogens is 1. The van der Waals surface area contributed by atoms with Gasteiger partial charge in [-0.3, -0.25) is 14.7 Å². The van der Waals surface area contributed by atoms with Crippen molar-refractivity contribution < 1.29 is 9.59 Å². The van der Waals surface area contributed by atoms with Crippen LogP contribution in [0.3, 0.4) is 0 Å². The van der Waals surface area contributed by atoms with Gasteiger partial charge in [0.15, 0.2) is 5.13 Å². The van der Waals surface area contributed by atoms with E-state index in [0.717, 1.165) is 5.56 Å². The third-order valence-electron chi connectivity index (χ3n) is 2.33. The maximum absolute atomic E-state index is 12.1. The Labute approximate surface area is 113 Å². The Morgan fingerprint density at radius 1 is 1.53 bits per heavy atom. The number of carbonyl (C=O) groups is 2. The number of nitrogens with zero attached hydrogens (tertiary/aromatic N) is 3. The van der Waals surface area contributed by atoms with Gasteiger partial charge in [0.25, 0.3) is 5.91 Å². The Morgan fingerprint density at radius 2 is 2.32 bits per heavy atom. The molecule has 0 unspecified atom stereocenters. The second-order valence-corrected chi connectivity index (χ2v) is 4.84. The molecule has 0 fully saturated rings. The molecule has 2 amide bonds. The molecule has 0 aromatic carbocycles. The molecule has 0 saturated heterocycles. The highest BCUT2D eigenvalue weighted by Crippen LogP contribution is 2.17. The van der Waals surface area contributed by atoms with E-state index in [0.29, 0.717) is 17.4 Å². The van der Waals surface area contributed by atoms with Crippen molar-refractivity contribution in [3.05, 3.63) is 29.0 Å². The average molecular weight is 279 g/mol. The minimum atomic E-state index is -0.208. The normalized spacial score (nSPS) is 10.2. The van der Waals surface area contributed by atoms with Gasteiger partial charge in [-0.2, -0.15) is 5.10 Å². The number of carbonyl (C=O) groups excluding carboxylic acids is 2. The van der Waals surface area contributed by atoms with E-state index in [1.807, 2.05) is 0 Å². The van der Waals surface area contributed by atoms with Crippen molar-refractivity contribution in [3.63, 3.8) is 0 Å². The van der Waals surface area contributed by atoms with Crippen LogP contribution in [0.2, 0.25) is 0 Å². The highest BCUT2D eigenvalue weighted by molar-refractivity contribution is 7.14. The van der Waals surface area contributed by atoms with E-state index >= 15 is 0 Å². The molecule has 0 saturated carbocycles. The molecule has 2 rings (SSSR count). The fourth-order valence-corrected chi connectivity index (χ4v) is 2.22. The molecular weight excluding hydrogens is 266 g/mol. The topological polar surface area (TPSA) is 91.0 Å². The summed E-state index contributed by atoms with van der Waals surface area (Å²) in [7, 11) is 1.69. The third kappa shape index (κ3) is 3.38. The molecule has 0 radical (unpaired) electrons. The predicted octanol–water partition coefficient (Wildman–Crippen LogP) is 1.10. The number of hydrogen-bond acceptors (Lipinski definition) is 5. The van der Waals surface area contributed by atoms with Gasteiger partial charge in [-0.25, -0.2) is 4.98 Å². The summed E-state index contributed by atoms with van der Waals surface area (Å²) in [5.74, 6) is -0.408. The second-order valence-electron chi connectivity index (χ2n) is 3.99. The lowest BCUT2D eigenvalue weighted by molar-refractivity contribution is -0.114. The first-order valence-electron chi connectivity index (χ1n) is 5.52. The van der Waals surface area contributed by atoms with E-state index in [1.165, 1.54) is 23.2 Å². The molecule has 0 aliphatic carbocycles. The van der Waals surface area contributed by atoms with Crippen LogP contribution in [-0.4, -0.2) is 38.9 Å². The predicted molar refractivity (Wildman–Crippen MR) is 70.8 cm³/mol. The van der Waals surface area contributed by atoms with Crippen LogP contribution < -0.4 is 5.32 Å². The molecule has 0 aliphatic rings. The highest BCUT2D eigenvalue weighted by atomic mass is 32.1. The zero-order valence-electron chi connectivity index (χ0n) is 10.5. The zero-order valence-corrected chi connectivity index (χ0v) is 11.3. The number of nitrogens with one attached hydrogen (secondary N) is 2. The van der Waals surface area contributed by atoms with Crippen LogP contribution in [0.1, 0.15) is 23.0 Å². The van der Waals surface area contributed by atoms with Gasteiger partial charge in [-0.1, -0.05) is 0 Å². The van der Waals surface area contributed by atoms with Crippen molar-refractivity contribution in [2.75, 3.05) is 12.4 Å². The number of anilines is 1. The molecule has 100 valence electrons. The first kappa shape index (κ1) is 13.2. The monoisotopic (exact) mass is 279 g/mol. The number of thiazole rings is 1. The van der Waals surface area contributed by atoms with Gasteiger partial charge in [-0.05, 0) is 0 Å².